The molecule has 0 aliphatic rings. The van der Waals surface area contributed by atoms with Crippen LogP contribution in [-0.4, -0.2) is 31.8 Å². The summed E-state index contributed by atoms with van der Waals surface area (Å²) in [5.41, 5.74) is 1.29. The molecular weight excluding hydrogens is 378 g/mol. The number of aromatic nitrogens is 3. The molecule has 0 spiro atoms. The standard InChI is InChI=1S/C16H12ClN5O3S/c17-11-3-1-10(2-4-11)15-19-16(21-20-15)26-9-14(23)18-12-5-7-13(8-6-12)22(24)25/h1-8H,9H2,(H,18,23)(H,19,20,21). The number of thioether (sulfide) groups is 1. The highest BCUT2D eigenvalue weighted by Gasteiger charge is 2.10. The zero-order valence-electron chi connectivity index (χ0n) is 13.2. The van der Waals surface area contributed by atoms with Crippen LogP contribution >= 0.6 is 23.4 Å². The van der Waals surface area contributed by atoms with Crippen molar-refractivity contribution in [2.45, 2.75) is 5.16 Å². The maximum absolute atomic E-state index is 12.0. The Labute approximate surface area is 157 Å². The first-order chi connectivity index (χ1) is 12.5. The number of carbonyl (C=O) groups is 1. The van der Waals surface area contributed by atoms with Crippen LogP contribution in [0.2, 0.25) is 5.02 Å². The average Bonchev–Trinajstić information content (AvgIpc) is 3.10. The summed E-state index contributed by atoms with van der Waals surface area (Å²) in [6, 6.07) is 12.8. The molecule has 26 heavy (non-hydrogen) atoms. The van der Waals surface area contributed by atoms with Crippen molar-refractivity contribution in [3.05, 3.63) is 63.7 Å². The summed E-state index contributed by atoms with van der Waals surface area (Å²) in [5.74, 6) is 0.427. The van der Waals surface area contributed by atoms with Crippen molar-refractivity contribution in [1.82, 2.24) is 15.2 Å². The van der Waals surface area contributed by atoms with Crippen LogP contribution in [0, 0.1) is 10.1 Å². The first-order valence-electron chi connectivity index (χ1n) is 7.37. The van der Waals surface area contributed by atoms with Gasteiger partial charge in [-0.2, -0.15) is 0 Å². The molecule has 3 rings (SSSR count). The van der Waals surface area contributed by atoms with Gasteiger partial charge >= 0.3 is 0 Å². The third kappa shape index (κ3) is 4.58. The molecule has 0 unspecified atom stereocenters. The van der Waals surface area contributed by atoms with Gasteiger partial charge in [-0.25, -0.2) is 4.98 Å². The highest BCUT2D eigenvalue weighted by molar-refractivity contribution is 7.99. The van der Waals surface area contributed by atoms with Crippen LogP contribution in [0.4, 0.5) is 11.4 Å². The van der Waals surface area contributed by atoms with Gasteiger partial charge in [0.15, 0.2) is 5.82 Å². The average molecular weight is 390 g/mol. The van der Waals surface area contributed by atoms with E-state index in [0.717, 1.165) is 5.56 Å². The lowest BCUT2D eigenvalue weighted by Crippen LogP contribution is -2.14. The molecule has 2 aromatic carbocycles. The minimum atomic E-state index is -0.497. The van der Waals surface area contributed by atoms with Crippen molar-refractivity contribution in [3.63, 3.8) is 0 Å². The fourth-order valence-corrected chi connectivity index (χ4v) is 2.77. The molecule has 0 fully saturated rings. The van der Waals surface area contributed by atoms with Gasteiger partial charge in [0.25, 0.3) is 5.69 Å². The maximum Gasteiger partial charge on any atom is 0.269 e. The lowest BCUT2D eigenvalue weighted by Gasteiger charge is -2.03. The van der Waals surface area contributed by atoms with Crippen molar-refractivity contribution in [2.75, 3.05) is 11.1 Å². The fraction of sp³-hybridized carbons (Fsp3) is 0.0625. The highest BCUT2D eigenvalue weighted by atomic mass is 35.5. The summed E-state index contributed by atoms with van der Waals surface area (Å²) in [6.45, 7) is 0. The van der Waals surface area contributed by atoms with Crippen molar-refractivity contribution in [1.29, 1.82) is 0 Å². The van der Waals surface area contributed by atoms with E-state index in [-0.39, 0.29) is 17.3 Å². The third-order valence-corrected chi connectivity index (χ3v) is 4.38. The number of nitro benzene ring substituents is 1. The number of amides is 1. The van der Waals surface area contributed by atoms with Gasteiger partial charge in [-0.1, -0.05) is 23.4 Å². The van der Waals surface area contributed by atoms with Crippen molar-refractivity contribution < 1.29 is 9.72 Å². The lowest BCUT2D eigenvalue weighted by atomic mass is 10.2. The number of benzene rings is 2. The molecule has 0 aliphatic carbocycles. The second-order valence-electron chi connectivity index (χ2n) is 5.11. The smallest absolute Gasteiger partial charge is 0.269 e. The van der Waals surface area contributed by atoms with E-state index in [4.69, 9.17) is 11.6 Å². The van der Waals surface area contributed by atoms with E-state index in [1.807, 2.05) is 12.1 Å². The van der Waals surface area contributed by atoms with Gasteiger partial charge in [-0.15, -0.1) is 5.10 Å². The van der Waals surface area contributed by atoms with Crippen LogP contribution < -0.4 is 5.32 Å². The van der Waals surface area contributed by atoms with Crippen LogP contribution in [-0.2, 0) is 4.79 Å². The number of H-pyrrole nitrogens is 1. The van der Waals surface area contributed by atoms with Crippen LogP contribution in [0.3, 0.4) is 0 Å². The van der Waals surface area contributed by atoms with Gasteiger partial charge in [-0.3, -0.25) is 20.0 Å². The van der Waals surface area contributed by atoms with Crippen LogP contribution in [0.5, 0.6) is 0 Å². The molecule has 10 heteroatoms. The number of aromatic amines is 1. The van der Waals surface area contributed by atoms with E-state index < -0.39 is 4.92 Å². The number of hydrogen-bond donors (Lipinski definition) is 2. The van der Waals surface area contributed by atoms with E-state index in [9.17, 15) is 14.9 Å². The second kappa shape index (κ2) is 7.98. The largest absolute Gasteiger partial charge is 0.325 e. The minimum Gasteiger partial charge on any atom is -0.325 e. The van der Waals surface area contributed by atoms with E-state index in [1.54, 1.807) is 12.1 Å². The van der Waals surface area contributed by atoms with Gasteiger partial charge in [0, 0.05) is 28.4 Å². The summed E-state index contributed by atoms with van der Waals surface area (Å²) >= 11 is 7.03. The molecule has 2 N–H and O–H groups in total. The number of nitro groups is 1. The topological polar surface area (TPSA) is 114 Å². The van der Waals surface area contributed by atoms with Crippen molar-refractivity contribution in [2.24, 2.45) is 0 Å². The van der Waals surface area contributed by atoms with Crippen LogP contribution in [0.1, 0.15) is 0 Å². The van der Waals surface area contributed by atoms with Crippen LogP contribution in [0.25, 0.3) is 11.4 Å². The summed E-state index contributed by atoms with van der Waals surface area (Å²) in [6.07, 6.45) is 0. The molecular formula is C16H12ClN5O3S. The molecule has 0 saturated heterocycles. The number of non-ortho nitro benzene ring substituents is 1. The van der Waals surface area contributed by atoms with E-state index in [2.05, 4.69) is 20.5 Å². The quantitative estimate of drug-likeness (QED) is 0.377. The minimum absolute atomic E-state index is 0.0344. The molecule has 0 radical (unpaired) electrons. The van der Waals surface area contributed by atoms with Gasteiger partial charge < -0.3 is 5.32 Å². The Morgan fingerprint density at radius 2 is 1.88 bits per heavy atom. The number of halogens is 1. The predicted octanol–water partition coefficient (Wildman–Crippen LogP) is 3.76. The Bertz CT molecular complexity index is 928. The fourth-order valence-electron chi connectivity index (χ4n) is 2.04. The number of rotatable bonds is 6. The number of hydrogen-bond acceptors (Lipinski definition) is 6. The Balaban J connectivity index is 1.54. The van der Waals surface area contributed by atoms with Crippen LogP contribution in [0.15, 0.2) is 53.7 Å². The summed E-state index contributed by atoms with van der Waals surface area (Å²) in [5, 5.41) is 21.2. The first kappa shape index (κ1) is 17.9. The molecule has 0 saturated carbocycles. The SMILES string of the molecule is O=C(CSc1n[nH]c(-c2ccc(Cl)cc2)n1)Nc1ccc([N+](=O)[O-])cc1. The summed E-state index contributed by atoms with van der Waals surface area (Å²) in [7, 11) is 0. The van der Waals surface area contributed by atoms with Crippen molar-refractivity contribution >= 4 is 40.6 Å². The number of nitrogens with zero attached hydrogens (tertiary/aromatic N) is 3. The monoisotopic (exact) mass is 389 g/mol. The molecule has 3 aromatic rings. The second-order valence-corrected chi connectivity index (χ2v) is 6.49. The van der Waals surface area contributed by atoms with Gasteiger partial charge in [-0.05, 0) is 36.4 Å². The summed E-state index contributed by atoms with van der Waals surface area (Å²) < 4.78 is 0. The van der Waals surface area contributed by atoms with Gasteiger partial charge in [0.2, 0.25) is 11.1 Å². The first-order valence-corrected chi connectivity index (χ1v) is 8.73. The molecule has 0 aliphatic heterocycles. The molecule has 1 heterocycles. The highest BCUT2D eigenvalue weighted by Crippen LogP contribution is 2.21. The molecule has 0 atom stereocenters. The predicted molar refractivity (Wildman–Crippen MR) is 99.3 cm³/mol. The molecule has 1 amide bonds. The van der Waals surface area contributed by atoms with Gasteiger partial charge in [0.05, 0.1) is 10.7 Å². The zero-order chi connectivity index (χ0) is 18.5. The Morgan fingerprint density at radius 1 is 1.19 bits per heavy atom. The number of carbonyl (C=O) groups excluding carboxylic acids is 1. The Kier molecular flexibility index (Phi) is 5.49. The number of nitrogens with one attached hydrogen (secondary N) is 2. The molecule has 0 bridgehead atoms. The van der Waals surface area contributed by atoms with Gasteiger partial charge in [0.1, 0.15) is 0 Å². The normalized spacial score (nSPS) is 10.5. The molecule has 132 valence electrons. The Hall–Kier alpha value is -2.91. The Morgan fingerprint density at radius 3 is 2.54 bits per heavy atom. The van der Waals surface area contributed by atoms with E-state index >= 15 is 0 Å². The van der Waals surface area contributed by atoms with E-state index in [0.29, 0.717) is 21.7 Å². The molecule has 1 aromatic heterocycles. The van der Waals surface area contributed by atoms with E-state index in [1.165, 1.54) is 36.0 Å². The summed E-state index contributed by atoms with van der Waals surface area (Å²) in [4.78, 5) is 26.4. The molecule has 8 nitrogen and oxygen atoms in total. The van der Waals surface area contributed by atoms with Crippen molar-refractivity contribution in [3.8, 4) is 11.4 Å². The maximum atomic E-state index is 12.0. The third-order valence-electron chi connectivity index (χ3n) is 3.28. The zero-order valence-corrected chi connectivity index (χ0v) is 14.8. The number of anilines is 1. The lowest BCUT2D eigenvalue weighted by molar-refractivity contribution is -0.384.